The first-order valence-electron chi connectivity index (χ1n) is 7.31. The minimum atomic E-state index is 0.906. The van der Waals surface area contributed by atoms with Gasteiger partial charge >= 0.3 is 0 Å². The molecule has 1 aliphatic heterocycles. The van der Waals surface area contributed by atoms with Crippen molar-refractivity contribution in [2.75, 3.05) is 32.4 Å². The van der Waals surface area contributed by atoms with E-state index in [2.05, 4.69) is 35.2 Å². The van der Waals surface area contributed by atoms with Crippen LogP contribution in [-0.4, -0.2) is 48.6 Å². The van der Waals surface area contributed by atoms with Crippen LogP contribution in [0.25, 0.3) is 0 Å². The van der Waals surface area contributed by atoms with Gasteiger partial charge in [0.25, 0.3) is 0 Å². The highest BCUT2D eigenvalue weighted by molar-refractivity contribution is 7.99. The van der Waals surface area contributed by atoms with E-state index in [-0.39, 0.29) is 0 Å². The van der Waals surface area contributed by atoms with Gasteiger partial charge in [-0.25, -0.2) is 0 Å². The molecule has 1 N–H and O–H groups in total. The second kappa shape index (κ2) is 7.01. The Morgan fingerprint density at radius 1 is 1.29 bits per heavy atom. The maximum atomic E-state index is 3.58. The van der Waals surface area contributed by atoms with Gasteiger partial charge in [0.2, 0.25) is 0 Å². The van der Waals surface area contributed by atoms with Crippen LogP contribution in [0.3, 0.4) is 0 Å². The molecule has 0 bridgehead atoms. The van der Waals surface area contributed by atoms with Crippen LogP contribution in [0, 0.1) is 5.92 Å². The third kappa shape index (κ3) is 3.87. The number of likely N-dealkylation sites (tertiary alicyclic amines) is 1. The third-order valence-electron chi connectivity index (χ3n) is 4.38. The molecule has 0 aromatic heterocycles. The molecule has 0 amide bonds. The van der Waals surface area contributed by atoms with Crippen LogP contribution in [0.1, 0.15) is 39.0 Å². The molecule has 17 heavy (non-hydrogen) atoms. The number of hydrogen-bond acceptors (Lipinski definition) is 3. The van der Waals surface area contributed by atoms with Crippen LogP contribution in [-0.2, 0) is 0 Å². The van der Waals surface area contributed by atoms with Gasteiger partial charge in [-0.15, -0.1) is 0 Å². The zero-order valence-corrected chi connectivity index (χ0v) is 12.3. The second-order valence-corrected chi connectivity index (χ2v) is 6.82. The molecule has 1 aliphatic carbocycles. The molecule has 2 nitrogen and oxygen atoms in total. The Morgan fingerprint density at radius 3 is 2.88 bits per heavy atom. The smallest absolute Gasteiger partial charge is 0.0106 e. The summed E-state index contributed by atoms with van der Waals surface area (Å²) in [7, 11) is 0. The highest BCUT2D eigenvalue weighted by atomic mass is 32.2. The number of rotatable bonds is 6. The summed E-state index contributed by atoms with van der Waals surface area (Å²) in [6.45, 7) is 7.37. The molecular formula is C14H28N2S. The van der Waals surface area contributed by atoms with Crippen LogP contribution in [0.4, 0.5) is 0 Å². The average molecular weight is 256 g/mol. The molecule has 0 aromatic carbocycles. The molecule has 2 aliphatic rings. The first-order valence-corrected chi connectivity index (χ1v) is 8.59. The first kappa shape index (κ1) is 13.7. The molecule has 0 spiro atoms. The van der Waals surface area contributed by atoms with Crippen LogP contribution in [0.15, 0.2) is 0 Å². The van der Waals surface area contributed by atoms with Gasteiger partial charge < -0.3 is 10.2 Å². The molecule has 100 valence electrons. The largest absolute Gasteiger partial charge is 0.316 e. The van der Waals surface area contributed by atoms with Crippen molar-refractivity contribution in [3.05, 3.63) is 0 Å². The third-order valence-corrected chi connectivity index (χ3v) is 5.48. The summed E-state index contributed by atoms with van der Waals surface area (Å²) in [5, 5.41) is 4.52. The van der Waals surface area contributed by atoms with E-state index in [1.165, 1.54) is 58.3 Å². The lowest BCUT2D eigenvalue weighted by Gasteiger charge is -2.24. The van der Waals surface area contributed by atoms with E-state index in [0.29, 0.717) is 0 Å². The monoisotopic (exact) mass is 256 g/mol. The van der Waals surface area contributed by atoms with Crippen LogP contribution in [0.2, 0.25) is 0 Å². The number of thioether (sulfide) groups is 1. The molecule has 2 rings (SSSR count). The fourth-order valence-corrected chi connectivity index (χ4v) is 4.09. The Morgan fingerprint density at radius 2 is 2.18 bits per heavy atom. The van der Waals surface area contributed by atoms with Gasteiger partial charge in [0.05, 0.1) is 0 Å². The molecule has 3 atom stereocenters. The summed E-state index contributed by atoms with van der Waals surface area (Å²) in [6, 6.07) is 0.906. The van der Waals surface area contributed by atoms with Crippen molar-refractivity contribution in [3.63, 3.8) is 0 Å². The van der Waals surface area contributed by atoms with E-state index in [4.69, 9.17) is 0 Å². The van der Waals surface area contributed by atoms with Crippen molar-refractivity contribution < 1.29 is 0 Å². The van der Waals surface area contributed by atoms with Crippen molar-refractivity contribution in [2.45, 2.75) is 50.3 Å². The normalized spacial score (nSPS) is 34.6. The first-order chi connectivity index (χ1) is 8.33. The number of nitrogens with one attached hydrogen (secondary N) is 1. The van der Waals surface area contributed by atoms with Crippen LogP contribution < -0.4 is 5.32 Å². The van der Waals surface area contributed by atoms with E-state index >= 15 is 0 Å². The summed E-state index contributed by atoms with van der Waals surface area (Å²) < 4.78 is 0. The lowest BCUT2D eigenvalue weighted by atomic mass is 10.1. The molecule has 0 aromatic rings. The molecular weight excluding hydrogens is 228 g/mol. The van der Waals surface area contributed by atoms with Gasteiger partial charge in [-0.2, -0.15) is 11.8 Å². The predicted octanol–water partition coefficient (Wildman–Crippen LogP) is 2.59. The van der Waals surface area contributed by atoms with Crippen molar-refractivity contribution in [3.8, 4) is 0 Å². The highest BCUT2D eigenvalue weighted by Gasteiger charge is 2.32. The van der Waals surface area contributed by atoms with Crippen molar-refractivity contribution in [1.82, 2.24) is 10.2 Å². The molecule has 1 saturated heterocycles. The summed E-state index contributed by atoms with van der Waals surface area (Å²) in [4.78, 5) is 2.77. The van der Waals surface area contributed by atoms with E-state index in [9.17, 15) is 0 Å². The molecule has 3 unspecified atom stereocenters. The Balaban J connectivity index is 1.67. The average Bonchev–Trinajstić information content (AvgIpc) is 2.97. The lowest BCUT2D eigenvalue weighted by Crippen LogP contribution is -2.33. The lowest BCUT2D eigenvalue weighted by molar-refractivity contribution is 0.237. The van der Waals surface area contributed by atoms with Crippen molar-refractivity contribution in [1.29, 1.82) is 0 Å². The fraction of sp³-hybridized carbons (Fsp3) is 1.00. The van der Waals surface area contributed by atoms with Gasteiger partial charge in [-0.1, -0.05) is 6.92 Å². The van der Waals surface area contributed by atoms with Crippen molar-refractivity contribution >= 4 is 11.8 Å². The van der Waals surface area contributed by atoms with Crippen LogP contribution in [0.5, 0.6) is 0 Å². The zero-order valence-electron chi connectivity index (χ0n) is 11.5. The van der Waals surface area contributed by atoms with Gasteiger partial charge in [-0.3, -0.25) is 0 Å². The number of nitrogens with zero attached hydrogens (tertiary/aromatic N) is 1. The molecule has 1 heterocycles. The van der Waals surface area contributed by atoms with Gasteiger partial charge in [0.1, 0.15) is 0 Å². The molecule has 2 fully saturated rings. The second-order valence-electron chi connectivity index (χ2n) is 5.68. The Labute approximate surface area is 111 Å². The maximum Gasteiger partial charge on any atom is 0.0106 e. The quantitative estimate of drug-likeness (QED) is 0.735. The van der Waals surface area contributed by atoms with E-state index in [1.807, 2.05) is 0 Å². The minimum Gasteiger partial charge on any atom is -0.316 e. The van der Waals surface area contributed by atoms with Gasteiger partial charge in [0.15, 0.2) is 0 Å². The molecule has 1 saturated carbocycles. The summed E-state index contributed by atoms with van der Waals surface area (Å²) in [5.41, 5.74) is 0. The highest BCUT2D eigenvalue weighted by Crippen LogP contribution is 2.33. The fourth-order valence-electron chi connectivity index (χ4n) is 3.31. The summed E-state index contributed by atoms with van der Waals surface area (Å²) >= 11 is 2.07. The predicted molar refractivity (Wildman–Crippen MR) is 77.8 cm³/mol. The Hall–Kier alpha value is 0.270. The standard InChI is InChI=1S/C14H28N2S/c1-3-7-15-10-12-6-8-16(11-12)13-4-5-14(9-13)17-2/h12-15H,3-11H2,1-2H3. The van der Waals surface area contributed by atoms with E-state index < -0.39 is 0 Å². The number of hydrogen-bond donors (Lipinski definition) is 1. The van der Waals surface area contributed by atoms with Gasteiger partial charge in [0, 0.05) is 17.8 Å². The van der Waals surface area contributed by atoms with Crippen molar-refractivity contribution in [2.24, 2.45) is 5.92 Å². The van der Waals surface area contributed by atoms with Gasteiger partial charge in [-0.05, 0) is 63.9 Å². The van der Waals surface area contributed by atoms with E-state index in [1.54, 1.807) is 0 Å². The molecule has 3 heteroatoms. The van der Waals surface area contributed by atoms with Crippen LogP contribution >= 0.6 is 11.8 Å². The summed E-state index contributed by atoms with van der Waals surface area (Å²) in [5.74, 6) is 0.912. The Kier molecular flexibility index (Phi) is 5.64. The molecule has 0 radical (unpaired) electrons. The topological polar surface area (TPSA) is 15.3 Å². The minimum absolute atomic E-state index is 0.906. The Bertz CT molecular complexity index is 222. The summed E-state index contributed by atoms with van der Waals surface area (Å²) in [6.07, 6.45) is 9.28. The van der Waals surface area contributed by atoms with E-state index in [0.717, 1.165) is 17.2 Å². The zero-order chi connectivity index (χ0) is 12.1. The SMILES string of the molecule is CCCNCC1CCN(C2CCC(SC)C2)C1. The maximum absolute atomic E-state index is 3.58.